The van der Waals surface area contributed by atoms with E-state index in [1.165, 1.54) is 54.1 Å². The predicted molar refractivity (Wildman–Crippen MR) is 157 cm³/mol. The van der Waals surface area contributed by atoms with Gasteiger partial charge in [0.15, 0.2) is 0 Å². The summed E-state index contributed by atoms with van der Waals surface area (Å²) in [5.41, 5.74) is 6.00. The third-order valence-electron chi connectivity index (χ3n) is 7.54. The summed E-state index contributed by atoms with van der Waals surface area (Å²) in [6.45, 7) is 4.28. The second kappa shape index (κ2) is 13.5. The van der Waals surface area contributed by atoms with Gasteiger partial charge >= 0.3 is 0 Å². The molecule has 0 aliphatic carbocycles. The van der Waals surface area contributed by atoms with E-state index in [9.17, 15) is 0 Å². The van der Waals surface area contributed by atoms with E-state index in [0.717, 1.165) is 31.2 Å². The number of aromatic nitrogens is 2. The lowest BCUT2D eigenvalue weighted by molar-refractivity contribution is 0.181. The maximum atomic E-state index is 9.02. The van der Waals surface area contributed by atoms with Crippen LogP contribution in [-0.4, -0.2) is 45.6 Å². The Morgan fingerprint density at radius 3 is 2.34 bits per heavy atom. The van der Waals surface area contributed by atoms with E-state index < -0.39 is 0 Å². The van der Waals surface area contributed by atoms with Gasteiger partial charge in [-0.2, -0.15) is 17.0 Å². The standard InChI is InChI=1S/C33H36N4S/c34-20-27-13-15-28(16-14-27)23-37-26-35-21-32(37)17-19-38-25-29-8-7-18-36(22-29)24-33(30-9-3-1-4-10-30)31-11-5-2-6-12-31/h1-6,9-16,21,26,29,33H,7-8,17-19,22-25H2/t29-/m0/s1. The SMILES string of the molecule is N#Cc1ccc(Cn2cncc2CCSC[C@H]2CCCN(CC(c3ccccc3)c3ccccc3)C2)cc1. The number of aryl methyl sites for hydroxylation is 1. The summed E-state index contributed by atoms with van der Waals surface area (Å²) in [5, 5.41) is 9.02. The van der Waals surface area contributed by atoms with Crippen molar-refractivity contribution in [2.24, 2.45) is 5.92 Å². The molecule has 0 N–H and O–H groups in total. The van der Waals surface area contributed by atoms with Crippen molar-refractivity contribution in [1.29, 1.82) is 5.26 Å². The first kappa shape index (κ1) is 26.3. The zero-order chi connectivity index (χ0) is 26.0. The molecule has 0 amide bonds. The Kier molecular flexibility index (Phi) is 9.31. The average molecular weight is 521 g/mol. The van der Waals surface area contributed by atoms with Gasteiger partial charge < -0.3 is 9.47 Å². The molecule has 4 nitrogen and oxygen atoms in total. The summed E-state index contributed by atoms with van der Waals surface area (Å²) in [6.07, 6.45) is 7.58. The first-order valence-electron chi connectivity index (χ1n) is 13.7. The summed E-state index contributed by atoms with van der Waals surface area (Å²) in [4.78, 5) is 7.10. The Balaban J connectivity index is 1.11. The van der Waals surface area contributed by atoms with Crippen molar-refractivity contribution in [2.45, 2.75) is 31.7 Å². The van der Waals surface area contributed by atoms with Crippen LogP contribution >= 0.6 is 11.8 Å². The average Bonchev–Trinajstić information content (AvgIpc) is 3.42. The van der Waals surface area contributed by atoms with Gasteiger partial charge in [-0.15, -0.1) is 0 Å². The maximum absolute atomic E-state index is 9.02. The molecule has 1 saturated heterocycles. The number of thioether (sulfide) groups is 1. The topological polar surface area (TPSA) is 44.9 Å². The number of rotatable bonds is 11. The van der Waals surface area contributed by atoms with Crippen molar-refractivity contribution in [3.05, 3.63) is 125 Å². The predicted octanol–water partition coefficient (Wildman–Crippen LogP) is 6.62. The summed E-state index contributed by atoms with van der Waals surface area (Å²) >= 11 is 2.09. The summed E-state index contributed by atoms with van der Waals surface area (Å²) in [5.74, 6) is 3.51. The summed E-state index contributed by atoms with van der Waals surface area (Å²) < 4.78 is 2.23. The lowest BCUT2D eigenvalue weighted by Gasteiger charge is -2.35. The van der Waals surface area contributed by atoms with Gasteiger partial charge in [0.2, 0.25) is 0 Å². The zero-order valence-electron chi connectivity index (χ0n) is 22.0. The first-order valence-corrected chi connectivity index (χ1v) is 14.8. The van der Waals surface area contributed by atoms with Crippen molar-refractivity contribution in [1.82, 2.24) is 14.5 Å². The van der Waals surface area contributed by atoms with Crippen molar-refractivity contribution >= 4 is 11.8 Å². The highest BCUT2D eigenvalue weighted by Crippen LogP contribution is 2.29. The molecule has 1 aromatic heterocycles. The first-order chi connectivity index (χ1) is 18.8. The van der Waals surface area contributed by atoms with Crippen LogP contribution < -0.4 is 0 Å². The third-order valence-corrected chi connectivity index (χ3v) is 8.74. The molecule has 3 aromatic carbocycles. The molecule has 1 aliphatic heterocycles. The number of likely N-dealkylation sites (tertiary alicyclic amines) is 1. The summed E-state index contributed by atoms with van der Waals surface area (Å²) in [6, 6.07) is 32.0. The van der Waals surface area contributed by atoms with Gasteiger partial charge in [-0.3, -0.25) is 0 Å². The molecule has 1 atom stereocenters. The van der Waals surface area contributed by atoms with Crippen LogP contribution in [0, 0.1) is 17.2 Å². The number of nitriles is 1. The van der Waals surface area contributed by atoms with Crippen LogP contribution in [0.1, 0.15) is 46.7 Å². The van der Waals surface area contributed by atoms with Gasteiger partial charge in [-0.25, -0.2) is 4.98 Å². The molecular weight excluding hydrogens is 484 g/mol. The van der Waals surface area contributed by atoms with E-state index in [2.05, 4.69) is 92.9 Å². The minimum atomic E-state index is 0.417. The molecule has 0 radical (unpaired) electrons. The fourth-order valence-electron chi connectivity index (χ4n) is 5.49. The van der Waals surface area contributed by atoms with Crippen molar-refractivity contribution in [3.8, 4) is 6.07 Å². The van der Waals surface area contributed by atoms with Crippen LogP contribution in [0.5, 0.6) is 0 Å². The van der Waals surface area contributed by atoms with Crippen LogP contribution in [0.15, 0.2) is 97.5 Å². The fraction of sp³-hybridized carbons (Fsp3) is 0.333. The van der Waals surface area contributed by atoms with Gasteiger partial charge in [0.25, 0.3) is 0 Å². The van der Waals surface area contributed by atoms with E-state index in [1.807, 2.05) is 36.8 Å². The molecule has 0 bridgehead atoms. The largest absolute Gasteiger partial charge is 0.330 e. The molecule has 0 unspecified atom stereocenters. The highest BCUT2D eigenvalue weighted by atomic mass is 32.2. The third kappa shape index (κ3) is 7.16. The Bertz CT molecular complexity index is 1250. The minimum Gasteiger partial charge on any atom is -0.330 e. The fourth-order valence-corrected chi connectivity index (χ4v) is 6.62. The Morgan fingerprint density at radius 1 is 0.947 bits per heavy atom. The summed E-state index contributed by atoms with van der Waals surface area (Å²) in [7, 11) is 0. The maximum Gasteiger partial charge on any atom is 0.0991 e. The van der Waals surface area contributed by atoms with E-state index in [4.69, 9.17) is 5.26 Å². The molecule has 5 heteroatoms. The molecule has 1 fully saturated rings. The second-order valence-electron chi connectivity index (χ2n) is 10.3. The Hall–Kier alpha value is -3.33. The van der Waals surface area contributed by atoms with Gasteiger partial charge in [0.1, 0.15) is 0 Å². The van der Waals surface area contributed by atoms with Crippen molar-refractivity contribution < 1.29 is 0 Å². The van der Waals surface area contributed by atoms with Crippen LogP contribution in [0.4, 0.5) is 0 Å². The normalized spacial score (nSPS) is 15.9. The quantitative estimate of drug-likeness (QED) is 0.208. The van der Waals surface area contributed by atoms with Crippen molar-refractivity contribution in [3.63, 3.8) is 0 Å². The number of benzene rings is 3. The monoisotopic (exact) mass is 520 g/mol. The number of nitrogens with zero attached hydrogens (tertiary/aromatic N) is 4. The second-order valence-corrected chi connectivity index (χ2v) is 11.4. The van der Waals surface area contributed by atoms with E-state index in [-0.39, 0.29) is 0 Å². The molecular formula is C33H36N4S. The molecule has 0 spiro atoms. The van der Waals surface area contributed by atoms with Crippen LogP contribution in [0.25, 0.3) is 0 Å². The van der Waals surface area contributed by atoms with Gasteiger partial charge in [0, 0.05) is 37.4 Å². The van der Waals surface area contributed by atoms with Crippen molar-refractivity contribution in [2.75, 3.05) is 31.1 Å². The van der Waals surface area contributed by atoms with Crippen LogP contribution in [0.2, 0.25) is 0 Å². The van der Waals surface area contributed by atoms with E-state index >= 15 is 0 Å². The molecule has 4 aromatic rings. The molecule has 0 saturated carbocycles. The molecule has 38 heavy (non-hydrogen) atoms. The minimum absolute atomic E-state index is 0.417. The zero-order valence-corrected chi connectivity index (χ0v) is 22.8. The molecule has 2 heterocycles. The Morgan fingerprint density at radius 2 is 1.66 bits per heavy atom. The van der Waals surface area contributed by atoms with Gasteiger partial charge in [-0.05, 0) is 72.1 Å². The lowest BCUT2D eigenvalue weighted by atomic mass is 9.89. The van der Waals surface area contributed by atoms with Gasteiger partial charge in [-0.1, -0.05) is 72.8 Å². The van der Waals surface area contributed by atoms with E-state index in [1.54, 1.807) is 0 Å². The molecule has 194 valence electrons. The number of hydrogen-bond acceptors (Lipinski definition) is 4. The Labute approximate surface area is 231 Å². The molecule has 5 rings (SSSR count). The number of imidazole rings is 1. The highest BCUT2D eigenvalue weighted by molar-refractivity contribution is 7.99. The van der Waals surface area contributed by atoms with Crippen LogP contribution in [-0.2, 0) is 13.0 Å². The lowest BCUT2D eigenvalue weighted by Crippen LogP contribution is -2.39. The highest BCUT2D eigenvalue weighted by Gasteiger charge is 2.24. The number of piperidine rings is 1. The number of hydrogen-bond donors (Lipinski definition) is 0. The van der Waals surface area contributed by atoms with Gasteiger partial charge in [0.05, 0.1) is 18.0 Å². The van der Waals surface area contributed by atoms with E-state index in [0.29, 0.717) is 11.5 Å². The smallest absolute Gasteiger partial charge is 0.0991 e. The molecule has 1 aliphatic rings. The van der Waals surface area contributed by atoms with Crippen LogP contribution in [0.3, 0.4) is 0 Å².